The van der Waals surface area contributed by atoms with Crippen LogP contribution < -0.4 is 10.6 Å². The van der Waals surface area contributed by atoms with Crippen molar-refractivity contribution >= 4 is 23.1 Å². The molecule has 1 aromatic carbocycles. The second kappa shape index (κ2) is 6.86. The van der Waals surface area contributed by atoms with Crippen molar-refractivity contribution < 1.29 is 14.2 Å². The predicted molar refractivity (Wildman–Crippen MR) is 80.3 cm³/mol. The summed E-state index contributed by atoms with van der Waals surface area (Å²) < 4.78 is 4.83. The SMILES string of the molecule is Cc1cc(N/C=C(/C#N)C(=O)Nc2cccc([N+](=O)[O-])c2)no1. The van der Waals surface area contributed by atoms with Crippen LogP contribution in [0.1, 0.15) is 5.76 Å². The van der Waals surface area contributed by atoms with Crippen LogP contribution in [0.2, 0.25) is 0 Å². The van der Waals surface area contributed by atoms with Gasteiger partial charge in [0.05, 0.1) is 4.92 Å². The molecule has 1 amide bonds. The van der Waals surface area contributed by atoms with Crippen molar-refractivity contribution in [1.82, 2.24) is 5.16 Å². The van der Waals surface area contributed by atoms with Gasteiger partial charge < -0.3 is 15.2 Å². The summed E-state index contributed by atoms with van der Waals surface area (Å²) in [5, 5.41) is 28.4. The number of non-ortho nitro benzene ring substituents is 1. The van der Waals surface area contributed by atoms with Gasteiger partial charge in [0.25, 0.3) is 11.6 Å². The molecule has 0 radical (unpaired) electrons. The van der Waals surface area contributed by atoms with Crippen molar-refractivity contribution in [2.75, 3.05) is 10.6 Å². The predicted octanol–water partition coefficient (Wildman–Crippen LogP) is 2.35. The molecule has 1 aromatic heterocycles. The van der Waals surface area contributed by atoms with Crippen LogP contribution in [0.25, 0.3) is 0 Å². The number of benzene rings is 1. The zero-order chi connectivity index (χ0) is 16.8. The maximum Gasteiger partial charge on any atom is 0.271 e. The monoisotopic (exact) mass is 313 g/mol. The number of carbonyl (C=O) groups excluding carboxylic acids is 1. The Kier molecular flexibility index (Phi) is 4.69. The molecule has 0 aliphatic carbocycles. The molecule has 2 N–H and O–H groups in total. The van der Waals surface area contributed by atoms with E-state index in [1.165, 1.54) is 30.5 Å². The molecule has 0 aliphatic heterocycles. The number of nitrogens with one attached hydrogen (secondary N) is 2. The summed E-state index contributed by atoms with van der Waals surface area (Å²) in [6.07, 6.45) is 1.17. The summed E-state index contributed by atoms with van der Waals surface area (Å²) in [6, 6.07) is 8.72. The molecule has 0 unspecified atom stereocenters. The van der Waals surface area contributed by atoms with Gasteiger partial charge in [-0.1, -0.05) is 11.2 Å². The van der Waals surface area contributed by atoms with Gasteiger partial charge in [-0.2, -0.15) is 5.26 Å². The van der Waals surface area contributed by atoms with E-state index < -0.39 is 10.8 Å². The molecule has 23 heavy (non-hydrogen) atoms. The molecule has 116 valence electrons. The third-order valence-electron chi connectivity index (χ3n) is 2.67. The Morgan fingerprint density at radius 2 is 2.26 bits per heavy atom. The van der Waals surface area contributed by atoms with Crippen molar-refractivity contribution in [2.45, 2.75) is 6.92 Å². The van der Waals surface area contributed by atoms with Gasteiger partial charge >= 0.3 is 0 Å². The summed E-state index contributed by atoms with van der Waals surface area (Å²) in [7, 11) is 0. The molecule has 2 rings (SSSR count). The van der Waals surface area contributed by atoms with E-state index in [1.54, 1.807) is 19.1 Å². The van der Waals surface area contributed by atoms with E-state index in [2.05, 4.69) is 15.8 Å². The number of aryl methyl sites for hydroxylation is 1. The first-order valence-corrected chi connectivity index (χ1v) is 6.35. The smallest absolute Gasteiger partial charge is 0.271 e. The number of nitrogens with zero attached hydrogens (tertiary/aromatic N) is 3. The molecule has 0 aliphatic rings. The molecule has 9 nitrogen and oxygen atoms in total. The quantitative estimate of drug-likeness (QED) is 0.374. The van der Waals surface area contributed by atoms with E-state index in [1.807, 2.05) is 0 Å². The topological polar surface area (TPSA) is 134 Å². The third-order valence-corrected chi connectivity index (χ3v) is 2.67. The van der Waals surface area contributed by atoms with Gasteiger partial charge in [0.2, 0.25) is 0 Å². The lowest BCUT2D eigenvalue weighted by atomic mass is 10.2. The van der Waals surface area contributed by atoms with Crippen LogP contribution >= 0.6 is 0 Å². The average Bonchev–Trinajstić information content (AvgIpc) is 2.93. The van der Waals surface area contributed by atoms with Crippen LogP contribution in [-0.4, -0.2) is 16.0 Å². The van der Waals surface area contributed by atoms with Crippen molar-refractivity contribution in [1.29, 1.82) is 5.26 Å². The van der Waals surface area contributed by atoms with Crippen molar-refractivity contribution in [3.05, 3.63) is 58.0 Å². The maximum atomic E-state index is 12.0. The number of anilines is 2. The van der Waals surface area contributed by atoms with Crippen molar-refractivity contribution in [3.8, 4) is 6.07 Å². The lowest BCUT2D eigenvalue weighted by molar-refractivity contribution is -0.384. The number of hydrogen-bond donors (Lipinski definition) is 2. The Bertz CT molecular complexity index is 819. The maximum absolute atomic E-state index is 12.0. The summed E-state index contributed by atoms with van der Waals surface area (Å²) in [6.45, 7) is 1.70. The second-order valence-corrected chi connectivity index (χ2v) is 4.40. The third kappa shape index (κ3) is 4.15. The van der Waals surface area contributed by atoms with Crippen LogP contribution in [0.4, 0.5) is 17.2 Å². The first-order chi connectivity index (χ1) is 11.0. The van der Waals surface area contributed by atoms with Crippen LogP contribution in [0, 0.1) is 28.4 Å². The number of carbonyl (C=O) groups is 1. The number of aromatic nitrogens is 1. The molecule has 1 heterocycles. The molecule has 2 aromatic rings. The Morgan fingerprint density at radius 1 is 1.48 bits per heavy atom. The molecular formula is C14H11N5O4. The Hall–Kier alpha value is -3.67. The standard InChI is InChI=1S/C14H11N5O4/c1-9-5-13(18-23-9)16-8-10(7-15)14(20)17-11-3-2-4-12(6-11)19(21)22/h2-6,8H,1H3,(H,16,18)(H,17,20)/b10-8-. The number of rotatable bonds is 5. The fourth-order valence-electron chi connectivity index (χ4n) is 1.62. The van der Waals surface area contributed by atoms with Gasteiger partial charge in [0, 0.05) is 30.1 Å². The lowest BCUT2D eigenvalue weighted by Gasteiger charge is -2.04. The summed E-state index contributed by atoms with van der Waals surface area (Å²) in [4.78, 5) is 22.1. The van der Waals surface area contributed by atoms with Crippen LogP contribution in [0.3, 0.4) is 0 Å². The van der Waals surface area contributed by atoms with Crippen LogP contribution in [0.5, 0.6) is 0 Å². The van der Waals surface area contributed by atoms with E-state index in [0.717, 1.165) is 0 Å². The molecule has 9 heteroatoms. The first kappa shape index (κ1) is 15.7. The Morgan fingerprint density at radius 3 is 2.87 bits per heavy atom. The van der Waals surface area contributed by atoms with Crippen molar-refractivity contribution in [3.63, 3.8) is 0 Å². The average molecular weight is 313 g/mol. The second-order valence-electron chi connectivity index (χ2n) is 4.40. The number of hydrogen-bond acceptors (Lipinski definition) is 7. The number of nitro groups is 1. The minimum Gasteiger partial charge on any atom is -0.360 e. The van der Waals surface area contributed by atoms with Crippen LogP contribution in [0.15, 0.2) is 46.6 Å². The normalized spacial score (nSPS) is 10.7. The minimum atomic E-state index is -0.708. The van der Waals surface area contributed by atoms with Gasteiger partial charge in [-0.05, 0) is 13.0 Å². The van der Waals surface area contributed by atoms with Crippen molar-refractivity contribution in [2.24, 2.45) is 0 Å². The van der Waals surface area contributed by atoms with Gasteiger partial charge in [0.1, 0.15) is 17.4 Å². The highest BCUT2D eigenvalue weighted by molar-refractivity contribution is 6.06. The zero-order valence-corrected chi connectivity index (χ0v) is 11.9. The highest BCUT2D eigenvalue weighted by Crippen LogP contribution is 2.17. The van der Waals surface area contributed by atoms with Gasteiger partial charge in [-0.25, -0.2) is 0 Å². The number of nitro benzene ring substituents is 1. The summed E-state index contributed by atoms with van der Waals surface area (Å²) >= 11 is 0. The first-order valence-electron chi connectivity index (χ1n) is 6.35. The Balaban J connectivity index is 2.09. The van der Waals surface area contributed by atoms with E-state index in [0.29, 0.717) is 11.6 Å². The molecule has 0 fully saturated rings. The van der Waals surface area contributed by atoms with E-state index >= 15 is 0 Å². The molecule has 0 saturated heterocycles. The summed E-state index contributed by atoms with van der Waals surface area (Å²) in [5.41, 5.74) is -0.179. The largest absolute Gasteiger partial charge is 0.360 e. The van der Waals surface area contributed by atoms with Crippen LogP contribution in [-0.2, 0) is 4.79 Å². The zero-order valence-electron chi connectivity index (χ0n) is 11.9. The van der Waals surface area contributed by atoms with Gasteiger partial charge in [-0.3, -0.25) is 14.9 Å². The fraction of sp³-hybridized carbons (Fsp3) is 0.0714. The summed E-state index contributed by atoms with van der Waals surface area (Å²) in [5.74, 6) is 0.208. The van der Waals surface area contributed by atoms with E-state index in [9.17, 15) is 14.9 Å². The molecule has 0 spiro atoms. The number of nitriles is 1. The highest BCUT2D eigenvalue weighted by Gasteiger charge is 2.12. The van der Waals surface area contributed by atoms with Gasteiger partial charge in [0.15, 0.2) is 5.82 Å². The number of amides is 1. The molecule has 0 saturated carbocycles. The van der Waals surface area contributed by atoms with Gasteiger partial charge in [-0.15, -0.1) is 0 Å². The molecular weight excluding hydrogens is 302 g/mol. The highest BCUT2D eigenvalue weighted by atomic mass is 16.6. The minimum absolute atomic E-state index is 0.165. The van der Waals surface area contributed by atoms with E-state index in [4.69, 9.17) is 9.78 Å². The molecule has 0 atom stereocenters. The Labute approximate surface area is 130 Å². The fourth-order valence-corrected chi connectivity index (χ4v) is 1.62. The molecule has 0 bridgehead atoms. The van der Waals surface area contributed by atoms with E-state index in [-0.39, 0.29) is 16.9 Å². The lowest BCUT2D eigenvalue weighted by Crippen LogP contribution is -2.14.